The van der Waals surface area contributed by atoms with Gasteiger partial charge < -0.3 is 4.79 Å². The zero-order valence-corrected chi connectivity index (χ0v) is 14.3. The van der Waals surface area contributed by atoms with E-state index in [1.165, 1.54) is 0 Å². The molecule has 0 aromatic heterocycles. The molecule has 3 atom stereocenters. The van der Waals surface area contributed by atoms with Crippen LogP contribution in [0, 0.1) is 12.8 Å². The fourth-order valence-corrected chi connectivity index (χ4v) is 5.22. The molecule has 0 bridgehead atoms. The van der Waals surface area contributed by atoms with E-state index < -0.39 is 21.0 Å². The Morgan fingerprint density at radius 3 is 2.14 bits per heavy atom. The molecule has 2 aromatic carbocycles. The summed E-state index contributed by atoms with van der Waals surface area (Å²) >= 11 is 3.36. The number of aryl methyl sites for hydroxylation is 1. The summed E-state index contributed by atoms with van der Waals surface area (Å²) in [6.45, 7) is 1.91. The van der Waals surface area contributed by atoms with E-state index in [4.69, 9.17) is 0 Å². The first-order chi connectivity index (χ1) is 10.4. The van der Waals surface area contributed by atoms with Gasteiger partial charge in [-0.05, 0) is 36.8 Å². The van der Waals surface area contributed by atoms with E-state index in [1.807, 2.05) is 31.2 Å². The largest absolute Gasteiger partial charge is 0.303 e. The topological polar surface area (TPSA) is 51.2 Å². The number of aldehydes is 1. The summed E-state index contributed by atoms with van der Waals surface area (Å²) in [6, 6.07) is 14.3. The van der Waals surface area contributed by atoms with Gasteiger partial charge in [0.25, 0.3) is 0 Å². The Kier molecular flexibility index (Phi) is 3.95. The van der Waals surface area contributed by atoms with Crippen LogP contribution in [0.4, 0.5) is 0 Å². The van der Waals surface area contributed by atoms with E-state index in [-0.39, 0.29) is 10.8 Å². The van der Waals surface area contributed by atoms with E-state index in [2.05, 4.69) is 15.9 Å². The molecule has 3 unspecified atom stereocenters. The van der Waals surface area contributed by atoms with Crippen molar-refractivity contribution in [2.75, 3.05) is 0 Å². The van der Waals surface area contributed by atoms with Crippen molar-refractivity contribution in [3.63, 3.8) is 0 Å². The number of benzene rings is 2. The molecule has 1 fully saturated rings. The van der Waals surface area contributed by atoms with Crippen molar-refractivity contribution in [3.8, 4) is 0 Å². The molecule has 0 saturated heterocycles. The number of carbonyl (C=O) groups excluding carboxylic acids is 1. The lowest BCUT2D eigenvalue weighted by atomic mass is 10.1. The Balaban J connectivity index is 1.95. The Morgan fingerprint density at radius 1 is 1.00 bits per heavy atom. The summed E-state index contributed by atoms with van der Waals surface area (Å²) in [5.74, 6) is -0.718. The molecular formula is C17H15BrO3S. The predicted molar refractivity (Wildman–Crippen MR) is 88.6 cm³/mol. The highest BCUT2D eigenvalue weighted by Crippen LogP contribution is 2.52. The Hall–Kier alpha value is -1.46. The van der Waals surface area contributed by atoms with Crippen LogP contribution >= 0.6 is 15.9 Å². The first-order valence-corrected chi connectivity index (χ1v) is 9.30. The molecule has 0 spiro atoms. The number of hydrogen-bond acceptors (Lipinski definition) is 3. The van der Waals surface area contributed by atoms with Crippen LogP contribution in [-0.2, 0) is 14.6 Å². The van der Waals surface area contributed by atoms with Gasteiger partial charge in [-0.15, -0.1) is 0 Å². The van der Waals surface area contributed by atoms with Gasteiger partial charge in [0.1, 0.15) is 6.29 Å². The highest BCUT2D eigenvalue weighted by Gasteiger charge is 2.58. The third-order valence-electron chi connectivity index (χ3n) is 4.13. The van der Waals surface area contributed by atoms with Crippen LogP contribution in [0.25, 0.3) is 0 Å². The standard InChI is InChI=1S/C17H15BrO3S/c1-11-2-8-14(9-3-11)22(20,21)17-15(10-19)16(17)12-4-6-13(18)7-5-12/h2-10,15-17H,1H3. The van der Waals surface area contributed by atoms with Crippen LogP contribution < -0.4 is 0 Å². The Labute approximate surface area is 138 Å². The van der Waals surface area contributed by atoms with Crippen molar-refractivity contribution < 1.29 is 13.2 Å². The second-order valence-electron chi connectivity index (χ2n) is 5.61. The summed E-state index contributed by atoms with van der Waals surface area (Å²) in [7, 11) is -3.49. The van der Waals surface area contributed by atoms with Gasteiger partial charge in [0, 0.05) is 16.3 Å². The summed E-state index contributed by atoms with van der Waals surface area (Å²) in [4.78, 5) is 11.6. The lowest BCUT2D eigenvalue weighted by Crippen LogP contribution is -2.11. The summed E-state index contributed by atoms with van der Waals surface area (Å²) < 4.78 is 26.4. The average molecular weight is 379 g/mol. The molecule has 0 radical (unpaired) electrons. The zero-order valence-electron chi connectivity index (χ0n) is 11.9. The first kappa shape index (κ1) is 15.4. The van der Waals surface area contributed by atoms with Crippen LogP contribution in [0.5, 0.6) is 0 Å². The molecule has 3 nitrogen and oxygen atoms in total. The third kappa shape index (κ3) is 2.63. The van der Waals surface area contributed by atoms with Crippen molar-refractivity contribution in [3.05, 3.63) is 64.1 Å². The second-order valence-corrected chi connectivity index (χ2v) is 8.63. The molecule has 0 aliphatic heterocycles. The minimum Gasteiger partial charge on any atom is -0.303 e. The second kappa shape index (κ2) is 5.63. The number of hydrogen-bond donors (Lipinski definition) is 0. The fraction of sp³-hybridized carbons (Fsp3) is 0.235. The van der Waals surface area contributed by atoms with Crippen LogP contribution in [0.2, 0.25) is 0 Å². The molecule has 0 N–H and O–H groups in total. The van der Waals surface area contributed by atoms with Gasteiger partial charge in [0.15, 0.2) is 9.84 Å². The lowest BCUT2D eigenvalue weighted by Gasteiger charge is -2.05. The zero-order chi connectivity index (χ0) is 15.9. The average Bonchev–Trinajstić information content (AvgIpc) is 3.24. The Morgan fingerprint density at radius 2 is 1.59 bits per heavy atom. The third-order valence-corrected chi connectivity index (χ3v) is 6.91. The van der Waals surface area contributed by atoms with E-state index in [1.54, 1.807) is 24.3 Å². The number of halogens is 1. The number of rotatable bonds is 4. The maximum absolute atomic E-state index is 12.8. The van der Waals surface area contributed by atoms with Crippen molar-refractivity contribution in [1.82, 2.24) is 0 Å². The van der Waals surface area contributed by atoms with Crippen molar-refractivity contribution in [1.29, 1.82) is 0 Å². The molecule has 0 amide bonds. The fourth-order valence-electron chi connectivity index (χ4n) is 2.85. The molecule has 0 heterocycles. The van der Waals surface area contributed by atoms with Crippen LogP contribution in [0.1, 0.15) is 17.0 Å². The van der Waals surface area contributed by atoms with Crippen molar-refractivity contribution in [2.24, 2.45) is 5.92 Å². The molecule has 114 valence electrons. The molecule has 3 rings (SSSR count). The molecule has 2 aromatic rings. The van der Waals surface area contributed by atoms with E-state index in [0.717, 1.165) is 21.9 Å². The minimum absolute atomic E-state index is 0.253. The minimum atomic E-state index is -3.49. The highest BCUT2D eigenvalue weighted by atomic mass is 79.9. The molecule has 5 heteroatoms. The van der Waals surface area contributed by atoms with Crippen molar-refractivity contribution >= 4 is 32.1 Å². The van der Waals surface area contributed by atoms with Gasteiger partial charge in [-0.1, -0.05) is 45.8 Å². The molecule has 1 aliphatic carbocycles. The smallest absolute Gasteiger partial charge is 0.182 e. The van der Waals surface area contributed by atoms with E-state index >= 15 is 0 Å². The summed E-state index contributed by atoms with van der Waals surface area (Å²) in [5, 5.41) is -0.658. The summed E-state index contributed by atoms with van der Waals surface area (Å²) in [5.41, 5.74) is 1.90. The first-order valence-electron chi connectivity index (χ1n) is 6.96. The van der Waals surface area contributed by atoms with Crippen LogP contribution in [-0.4, -0.2) is 20.0 Å². The lowest BCUT2D eigenvalue weighted by molar-refractivity contribution is -0.108. The van der Waals surface area contributed by atoms with E-state index in [9.17, 15) is 13.2 Å². The van der Waals surface area contributed by atoms with E-state index in [0.29, 0.717) is 0 Å². The molecule has 22 heavy (non-hydrogen) atoms. The van der Waals surface area contributed by atoms with Crippen LogP contribution in [0.15, 0.2) is 57.9 Å². The number of carbonyl (C=O) groups is 1. The summed E-state index contributed by atoms with van der Waals surface area (Å²) in [6.07, 6.45) is 0.767. The molecule has 1 aliphatic rings. The molecular weight excluding hydrogens is 364 g/mol. The SMILES string of the molecule is Cc1ccc(S(=O)(=O)C2C(C=O)C2c2ccc(Br)cc2)cc1. The normalized spacial score (nSPS) is 24.0. The van der Waals surface area contributed by atoms with Gasteiger partial charge >= 0.3 is 0 Å². The maximum Gasteiger partial charge on any atom is 0.182 e. The van der Waals surface area contributed by atoms with Crippen LogP contribution in [0.3, 0.4) is 0 Å². The quantitative estimate of drug-likeness (QED) is 0.764. The Bertz CT molecular complexity index is 795. The van der Waals surface area contributed by atoms with Gasteiger partial charge in [-0.3, -0.25) is 0 Å². The van der Waals surface area contributed by atoms with Gasteiger partial charge in [0.2, 0.25) is 0 Å². The van der Waals surface area contributed by atoms with Gasteiger partial charge in [-0.25, -0.2) is 8.42 Å². The van der Waals surface area contributed by atoms with Gasteiger partial charge in [-0.2, -0.15) is 0 Å². The van der Waals surface area contributed by atoms with Crippen molar-refractivity contribution in [2.45, 2.75) is 23.0 Å². The van der Waals surface area contributed by atoms with Gasteiger partial charge in [0.05, 0.1) is 10.1 Å². The highest BCUT2D eigenvalue weighted by molar-refractivity contribution is 9.10. The maximum atomic E-state index is 12.8. The predicted octanol–water partition coefficient (Wildman–Crippen LogP) is 3.51. The number of sulfone groups is 1. The monoisotopic (exact) mass is 378 g/mol. The molecule has 1 saturated carbocycles.